The van der Waals surface area contributed by atoms with Crippen LogP contribution in [-0.2, 0) is 20.8 Å². The summed E-state index contributed by atoms with van der Waals surface area (Å²) in [5.74, 6) is 0.752. The molecule has 0 spiro atoms. The second-order valence-corrected chi connectivity index (χ2v) is 9.06. The monoisotopic (exact) mass is 414 g/mol. The molecule has 1 N–H and O–H groups in total. The summed E-state index contributed by atoms with van der Waals surface area (Å²) in [5, 5.41) is 2.80. The average Bonchev–Trinajstić information content (AvgIpc) is 3.17. The molecular formula is C23H30N2O5. The molecule has 162 valence electrons. The summed E-state index contributed by atoms with van der Waals surface area (Å²) in [4.78, 5) is 38.4. The molecule has 0 aromatic heterocycles. The van der Waals surface area contributed by atoms with Crippen molar-refractivity contribution in [3.63, 3.8) is 0 Å². The minimum atomic E-state index is -0.238. The summed E-state index contributed by atoms with van der Waals surface area (Å²) in [6.07, 6.45) is 4.54. The lowest BCUT2D eigenvalue weighted by atomic mass is 9.81. The number of hydrogen-bond donors (Lipinski definition) is 1. The van der Waals surface area contributed by atoms with Gasteiger partial charge in [0, 0.05) is 24.9 Å². The molecule has 1 saturated carbocycles. The highest BCUT2D eigenvalue weighted by atomic mass is 16.5. The maximum Gasteiger partial charge on any atom is 0.233 e. The first kappa shape index (κ1) is 20.7. The molecule has 1 aromatic carbocycles. The van der Waals surface area contributed by atoms with Crippen LogP contribution >= 0.6 is 0 Å². The summed E-state index contributed by atoms with van der Waals surface area (Å²) in [6, 6.07) is 5.85. The van der Waals surface area contributed by atoms with Gasteiger partial charge in [-0.15, -0.1) is 0 Å². The standard InChI is InChI=1S/C23H30N2O5/c1-23(2)14-15-6-5-9-18(20(15)30-23)29-13-11-24-19(26)10-12-25-21(27)16-7-3-4-8-17(16)22(25)28/h5-6,9,16-17H,3-4,7-8,10-14H2,1-2H3,(H,24,26). The van der Waals surface area contributed by atoms with Crippen molar-refractivity contribution in [1.82, 2.24) is 10.2 Å². The number of likely N-dealkylation sites (tertiary alicyclic amines) is 1. The molecule has 2 unspecified atom stereocenters. The number of carbonyl (C=O) groups excluding carboxylic acids is 3. The average molecular weight is 415 g/mol. The van der Waals surface area contributed by atoms with Crippen molar-refractivity contribution in [2.75, 3.05) is 19.7 Å². The van der Waals surface area contributed by atoms with Crippen LogP contribution in [0.4, 0.5) is 0 Å². The molecule has 1 saturated heterocycles. The van der Waals surface area contributed by atoms with Crippen LogP contribution in [0.25, 0.3) is 0 Å². The van der Waals surface area contributed by atoms with E-state index in [1.165, 1.54) is 4.90 Å². The Morgan fingerprint density at radius 2 is 1.90 bits per heavy atom. The third-order valence-corrected chi connectivity index (χ3v) is 6.23. The summed E-state index contributed by atoms with van der Waals surface area (Å²) in [5.41, 5.74) is 0.889. The second kappa shape index (κ2) is 8.28. The van der Waals surface area contributed by atoms with Crippen LogP contribution in [0, 0.1) is 11.8 Å². The summed E-state index contributed by atoms with van der Waals surface area (Å²) in [6.45, 7) is 4.91. The number of rotatable bonds is 7. The van der Waals surface area contributed by atoms with Gasteiger partial charge in [-0.1, -0.05) is 25.0 Å². The van der Waals surface area contributed by atoms with Gasteiger partial charge in [0.25, 0.3) is 0 Å². The second-order valence-electron chi connectivity index (χ2n) is 9.06. The fourth-order valence-corrected chi connectivity index (χ4v) is 4.81. The lowest BCUT2D eigenvalue weighted by molar-refractivity contribution is -0.140. The van der Waals surface area contributed by atoms with Crippen LogP contribution in [-0.4, -0.2) is 47.9 Å². The Balaban J connectivity index is 1.20. The predicted octanol–water partition coefficient (Wildman–Crippen LogP) is 2.46. The number of amides is 3. The van der Waals surface area contributed by atoms with Crippen molar-refractivity contribution in [2.24, 2.45) is 11.8 Å². The minimum Gasteiger partial charge on any atom is -0.488 e. The highest BCUT2D eigenvalue weighted by molar-refractivity contribution is 6.05. The summed E-state index contributed by atoms with van der Waals surface area (Å²) in [7, 11) is 0. The zero-order chi connectivity index (χ0) is 21.3. The highest BCUT2D eigenvalue weighted by Crippen LogP contribution is 2.41. The van der Waals surface area contributed by atoms with E-state index in [4.69, 9.17) is 9.47 Å². The van der Waals surface area contributed by atoms with Crippen LogP contribution < -0.4 is 14.8 Å². The van der Waals surface area contributed by atoms with Crippen LogP contribution in [0.15, 0.2) is 18.2 Å². The lowest BCUT2D eigenvalue weighted by Crippen LogP contribution is -2.36. The fraction of sp³-hybridized carbons (Fsp3) is 0.609. The summed E-state index contributed by atoms with van der Waals surface area (Å²) >= 11 is 0. The fourth-order valence-electron chi connectivity index (χ4n) is 4.81. The number of fused-ring (bicyclic) bond motifs is 2. The van der Waals surface area contributed by atoms with E-state index in [9.17, 15) is 14.4 Å². The molecule has 2 aliphatic heterocycles. The zero-order valence-electron chi connectivity index (χ0n) is 17.7. The Labute approximate surface area is 177 Å². The smallest absolute Gasteiger partial charge is 0.233 e. The van der Waals surface area contributed by atoms with Crippen molar-refractivity contribution in [3.8, 4) is 11.5 Å². The van der Waals surface area contributed by atoms with Gasteiger partial charge in [-0.05, 0) is 32.8 Å². The van der Waals surface area contributed by atoms with Gasteiger partial charge in [0.05, 0.1) is 18.4 Å². The van der Waals surface area contributed by atoms with Gasteiger partial charge < -0.3 is 14.8 Å². The molecule has 3 amide bonds. The normalized spacial score (nSPS) is 24.3. The lowest BCUT2D eigenvalue weighted by Gasteiger charge is -2.19. The first-order valence-corrected chi connectivity index (χ1v) is 10.9. The molecular weight excluding hydrogens is 384 g/mol. The molecule has 2 fully saturated rings. The van der Waals surface area contributed by atoms with Gasteiger partial charge in [0.1, 0.15) is 12.2 Å². The van der Waals surface area contributed by atoms with Gasteiger partial charge >= 0.3 is 0 Å². The zero-order valence-corrected chi connectivity index (χ0v) is 17.7. The number of nitrogens with zero attached hydrogens (tertiary/aromatic N) is 1. The molecule has 30 heavy (non-hydrogen) atoms. The number of nitrogens with one attached hydrogen (secondary N) is 1. The first-order valence-electron chi connectivity index (χ1n) is 10.9. The molecule has 7 nitrogen and oxygen atoms in total. The van der Waals surface area contributed by atoms with E-state index in [2.05, 4.69) is 5.32 Å². The van der Waals surface area contributed by atoms with Gasteiger partial charge in [0.15, 0.2) is 11.5 Å². The Morgan fingerprint density at radius 1 is 1.20 bits per heavy atom. The van der Waals surface area contributed by atoms with Crippen molar-refractivity contribution < 1.29 is 23.9 Å². The van der Waals surface area contributed by atoms with E-state index in [1.807, 2.05) is 32.0 Å². The van der Waals surface area contributed by atoms with Crippen LogP contribution in [0.3, 0.4) is 0 Å². The van der Waals surface area contributed by atoms with E-state index in [-0.39, 0.29) is 48.1 Å². The number of benzene rings is 1. The van der Waals surface area contributed by atoms with Crippen LogP contribution in [0.5, 0.6) is 11.5 Å². The summed E-state index contributed by atoms with van der Waals surface area (Å²) < 4.78 is 11.8. The van der Waals surface area contributed by atoms with Crippen LogP contribution in [0.1, 0.15) is 51.5 Å². The van der Waals surface area contributed by atoms with Gasteiger partial charge in [-0.3, -0.25) is 19.3 Å². The molecule has 1 aliphatic carbocycles. The van der Waals surface area contributed by atoms with Gasteiger partial charge in [-0.25, -0.2) is 0 Å². The minimum absolute atomic E-state index is 0.0957. The van der Waals surface area contributed by atoms with Crippen molar-refractivity contribution in [1.29, 1.82) is 0 Å². The quantitative estimate of drug-likeness (QED) is 0.547. The van der Waals surface area contributed by atoms with Crippen molar-refractivity contribution in [3.05, 3.63) is 23.8 Å². The van der Waals surface area contributed by atoms with E-state index in [0.29, 0.717) is 18.9 Å². The Kier molecular flexibility index (Phi) is 5.71. The molecule has 0 bridgehead atoms. The number of carbonyl (C=O) groups is 3. The highest BCUT2D eigenvalue weighted by Gasteiger charge is 2.47. The molecule has 2 atom stereocenters. The predicted molar refractivity (Wildman–Crippen MR) is 110 cm³/mol. The van der Waals surface area contributed by atoms with E-state index >= 15 is 0 Å². The molecule has 7 heteroatoms. The number of para-hydroxylation sites is 1. The number of imide groups is 1. The SMILES string of the molecule is CC1(C)Cc2cccc(OCCNC(=O)CCN3C(=O)C4CCCCC4C3=O)c2O1. The van der Waals surface area contributed by atoms with Gasteiger partial charge in [-0.2, -0.15) is 0 Å². The van der Waals surface area contributed by atoms with E-state index < -0.39 is 0 Å². The Bertz CT molecular complexity index is 826. The largest absolute Gasteiger partial charge is 0.488 e. The topological polar surface area (TPSA) is 84.9 Å². The first-order chi connectivity index (χ1) is 14.4. The van der Waals surface area contributed by atoms with Crippen molar-refractivity contribution in [2.45, 2.75) is 58.0 Å². The van der Waals surface area contributed by atoms with E-state index in [1.54, 1.807) is 0 Å². The van der Waals surface area contributed by atoms with Crippen molar-refractivity contribution >= 4 is 17.7 Å². The third kappa shape index (κ3) is 4.16. The molecule has 1 aromatic rings. The molecule has 2 heterocycles. The Morgan fingerprint density at radius 3 is 2.60 bits per heavy atom. The van der Waals surface area contributed by atoms with Gasteiger partial charge in [0.2, 0.25) is 17.7 Å². The van der Waals surface area contributed by atoms with E-state index in [0.717, 1.165) is 43.4 Å². The number of ether oxygens (including phenoxy) is 2. The number of hydrogen-bond acceptors (Lipinski definition) is 5. The van der Waals surface area contributed by atoms with Crippen LogP contribution in [0.2, 0.25) is 0 Å². The molecule has 4 rings (SSSR count). The third-order valence-electron chi connectivity index (χ3n) is 6.23. The maximum absolute atomic E-state index is 12.5. The molecule has 3 aliphatic rings. The maximum atomic E-state index is 12.5. The Hall–Kier alpha value is -2.57. The molecule has 0 radical (unpaired) electrons.